The third-order valence-corrected chi connectivity index (χ3v) is 10.5. The molecule has 0 bridgehead atoms. The number of hydrogen-bond acceptors (Lipinski definition) is 6. The standard InChI is InChI=1S/C19H23NO6S3/c1-14(2)15-6-8-16(9-7-15)20-29(25,26)18-5-3-4-17(12-18)28(23,24)19-10-11-27(21,22)13-19/h3-9,12,14,19-20H,10-11,13H2,1-2H3. The van der Waals surface area contributed by atoms with Gasteiger partial charge >= 0.3 is 0 Å². The highest BCUT2D eigenvalue weighted by molar-refractivity contribution is 7.96. The van der Waals surface area contributed by atoms with Crippen molar-refractivity contribution in [1.82, 2.24) is 0 Å². The van der Waals surface area contributed by atoms with Gasteiger partial charge in [-0.25, -0.2) is 25.3 Å². The van der Waals surface area contributed by atoms with Gasteiger partial charge < -0.3 is 0 Å². The lowest BCUT2D eigenvalue weighted by molar-refractivity contribution is 0.582. The third-order valence-electron chi connectivity index (χ3n) is 4.90. The summed E-state index contributed by atoms with van der Waals surface area (Å²) >= 11 is 0. The van der Waals surface area contributed by atoms with Crippen LogP contribution in [0.15, 0.2) is 58.3 Å². The van der Waals surface area contributed by atoms with Gasteiger partial charge in [0.25, 0.3) is 10.0 Å². The first-order valence-corrected chi connectivity index (χ1v) is 13.9. The number of sulfonamides is 1. The van der Waals surface area contributed by atoms with Crippen LogP contribution in [0.2, 0.25) is 0 Å². The Morgan fingerprint density at radius 3 is 2.14 bits per heavy atom. The van der Waals surface area contributed by atoms with Gasteiger partial charge in [-0.3, -0.25) is 4.72 Å². The van der Waals surface area contributed by atoms with Gasteiger partial charge in [-0.15, -0.1) is 0 Å². The van der Waals surface area contributed by atoms with Crippen LogP contribution in [0, 0.1) is 0 Å². The fraction of sp³-hybridized carbons (Fsp3) is 0.368. The molecule has 1 atom stereocenters. The van der Waals surface area contributed by atoms with Gasteiger partial charge in [0, 0.05) is 5.69 Å². The zero-order chi connectivity index (χ0) is 21.4. The normalized spacial score (nSPS) is 19.3. The van der Waals surface area contributed by atoms with E-state index in [0.717, 1.165) is 11.6 Å². The van der Waals surface area contributed by atoms with E-state index >= 15 is 0 Å². The van der Waals surface area contributed by atoms with E-state index in [-0.39, 0.29) is 22.0 Å². The van der Waals surface area contributed by atoms with Crippen molar-refractivity contribution >= 4 is 35.4 Å². The van der Waals surface area contributed by atoms with Crippen LogP contribution in [0.3, 0.4) is 0 Å². The van der Waals surface area contributed by atoms with E-state index in [0.29, 0.717) is 11.6 Å². The Bertz CT molecular complexity index is 1210. The van der Waals surface area contributed by atoms with E-state index in [4.69, 9.17) is 0 Å². The van der Waals surface area contributed by atoms with Gasteiger partial charge in [-0.05, 0) is 48.2 Å². The molecule has 29 heavy (non-hydrogen) atoms. The van der Waals surface area contributed by atoms with Crippen LogP contribution in [-0.2, 0) is 29.7 Å². The number of benzene rings is 2. The molecule has 2 aromatic carbocycles. The van der Waals surface area contributed by atoms with Gasteiger partial charge in [0.1, 0.15) is 0 Å². The second-order valence-corrected chi connectivity index (χ2v) is 13.6. The summed E-state index contributed by atoms with van der Waals surface area (Å²) in [6.07, 6.45) is 0.0160. The Morgan fingerprint density at radius 1 is 0.966 bits per heavy atom. The number of nitrogens with one attached hydrogen (secondary N) is 1. The quantitative estimate of drug-likeness (QED) is 0.713. The Hall–Kier alpha value is -1.91. The Kier molecular flexibility index (Phi) is 5.81. The first kappa shape index (κ1) is 21.8. The topological polar surface area (TPSA) is 114 Å². The molecule has 0 aliphatic carbocycles. The molecule has 1 N–H and O–H groups in total. The second kappa shape index (κ2) is 7.73. The van der Waals surface area contributed by atoms with Gasteiger partial charge in [-0.2, -0.15) is 0 Å². The summed E-state index contributed by atoms with van der Waals surface area (Å²) < 4.78 is 76.7. The molecule has 0 amide bonds. The van der Waals surface area contributed by atoms with Crippen LogP contribution in [0.5, 0.6) is 0 Å². The zero-order valence-electron chi connectivity index (χ0n) is 16.1. The molecule has 3 rings (SSSR count). The molecule has 1 aliphatic rings. The van der Waals surface area contributed by atoms with Crippen LogP contribution < -0.4 is 4.72 Å². The minimum absolute atomic E-state index is 0.0160. The molecule has 0 radical (unpaired) electrons. The Balaban J connectivity index is 1.88. The summed E-state index contributed by atoms with van der Waals surface area (Å²) in [7, 11) is -11.3. The van der Waals surface area contributed by atoms with Crippen molar-refractivity contribution in [2.75, 3.05) is 16.2 Å². The Morgan fingerprint density at radius 2 is 1.59 bits per heavy atom. The molecule has 7 nitrogen and oxygen atoms in total. The number of sulfone groups is 2. The molecule has 1 saturated heterocycles. The van der Waals surface area contributed by atoms with Crippen molar-refractivity contribution < 1.29 is 25.3 Å². The van der Waals surface area contributed by atoms with Crippen molar-refractivity contribution in [3.05, 3.63) is 54.1 Å². The van der Waals surface area contributed by atoms with Crippen LogP contribution in [0.25, 0.3) is 0 Å². The predicted molar refractivity (Wildman–Crippen MR) is 112 cm³/mol. The minimum Gasteiger partial charge on any atom is -0.280 e. The minimum atomic E-state index is -4.01. The van der Waals surface area contributed by atoms with E-state index in [2.05, 4.69) is 4.72 Å². The number of rotatable bonds is 6. The first-order chi connectivity index (χ1) is 13.4. The fourth-order valence-corrected chi connectivity index (χ4v) is 8.75. The van der Waals surface area contributed by atoms with Gasteiger partial charge in [0.2, 0.25) is 0 Å². The molecular weight excluding hydrogens is 434 g/mol. The molecule has 2 aromatic rings. The molecular formula is C19H23NO6S3. The molecule has 1 fully saturated rings. The number of hydrogen-bond donors (Lipinski definition) is 1. The lowest BCUT2D eigenvalue weighted by atomic mass is 10.0. The maximum atomic E-state index is 12.8. The van der Waals surface area contributed by atoms with Crippen molar-refractivity contribution in [3.63, 3.8) is 0 Å². The van der Waals surface area contributed by atoms with E-state index < -0.39 is 40.7 Å². The van der Waals surface area contributed by atoms with Crippen molar-refractivity contribution in [1.29, 1.82) is 0 Å². The average molecular weight is 458 g/mol. The summed E-state index contributed by atoms with van der Waals surface area (Å²) in [6.45, 7) is 4.06. The maximum Gasteiger partial charge on any atom is 0.261 e. The largest absolute Gasteiger partial charge is 0.280 e. The van der Waals surface area contributed by atoms with Crippen LogP contribution >= 0.6 is 0 Å². The SMILES string of the molecule is CC(C)c1ccc(NS(=O)(=O)c2cccc(S(=O)(=O)C3CCS(=O)(=O)C3)c2)cc1. The lowest BCUT2D eigenvalue weighted by Gasteiger charge is -2.13. The van der Waals surface area contributed by atoms with Gasteiger partial charge in [-0.1, -0.05) is 32.0 Å². The van der Waals surface area contributed by atoms with Crippen molar-refractivity contribution in [3.8, 4) is 0 Å². The summed E-state index contributed by atoms with van der Waals surface area (Å²) in [6, 6.07) is 11.9. The van der Waals surface area contributed by atoms with E-state index in [9.17, 15) is 25.3 Å². The van der Waals surface area contributed by atoms with E-state index in [1.165, 1.54) is 18.2 Å². The predicted octanol–water partition coefficient (Wildman–Crippen LogP) is 2.57. The van der Waals surface area contributed by atoms with Gasteiger partial charge in [0.05, 0.1) is 26.5 Å². The summed E-state index contributed by atoms with van der Waals surface area (Å²) in [5.74, 6) is -0.308. The van der Waals surface area contributed by atoms with E-state index in [1.54, 1.807) is 12.1 Å². The molecule has 0 spiro atoms. The van der Waals surface area contributed by atoms with Crippen molar-refractivity contribution in [2.24, 2.45) is 0 Å². The highest BCUT2D eigenvalue weighted by Gasteiger charge is 2.38. The molecule has 10 heteroatoms. The highest BCUT2D eigenvalue weighted by atomic mass is 32.2. The smallest absolute Gasteiger partial charge is 0.261 e. The number of anilines is 1. The summed E-state index contributed by atoms with van der Waals surface area (Å²) in [5, 5.41) is -1.05. The molecule has 1 heterocycles. The van der Waals surface area contributed by atoms with Crippen LogP contribution in [0.4, 0.5) is 5.69 Å². The lowest BCUT2D eigenvalue weighted by Crippen LogP contribution is -2.23. The third kappa shape index (κ3) is 4.81. The molecule has 158 valence electrons. The van der Waals surface area contributed by atoms with Crippen LogP contribution in [-0.4, -0.2) is 42.0 Å². The molecule has 1 unspecified atom stereocenters. The fourth-order valence-electron chi connectivity index (χ4n) is 3.17. The summed E-state index contributed by atoms with van der Waals surface area (Å²) in [4.78, 5) is -0.398. The monoisotopic (exact) mass is 457 g/mol. The summed E-state index contributed by atoms with van der Waals surface area (Å²) in [5.41, 5.74) is 1.43. The molecule has 1 aliphatic heterocycles. The van der Waals surface area contributed by atoms with Gasteiger partial charge in [0.15, 0.2) is 19.7 Å². The first-order valence-electron chi connectivity index (χ1n) is 9.08. The Labute approximate surface area is 172 Å². The molecule has 0 aromatic heterocycles. The van der Waals surface area contributed by atoms with Crippen molar-refractivity contribution in [2.45, 2.75) is 41.2 Å². The average Bonchev–Trinajstić information content (AvgIpc) is 3.02. The van der Waals surface area contributed by atoms with E-state index in [1.807, 2.05) is 26.0 Å². The molecule has 0 saturated carbocycles. The second-order valence-electron chi connectivity index (χ2n) is 7.43. The maximum absolute atomic E-state index is 12.8. The highest BCUT2D eigenvalue weighted by Crippen LogP contribution is 2.27. The zero-order valence-corrected chi connectivity index (χ0v) is 18.5. The van der Waals surface area contributed by atoms with Crippen LogP contribution in [0.1, 0.15) is 31.7 Å².